The number of benzene rings is 1. The van der Waals surface area contributed by atoms with Crippen LogP contribution in [0.15, 0.2) is 47.8 Å². The maximum absolute atomic E-state index is 12.7. The van der Waals surface area contributed by atoms with Crippen molar-refractivity contribution in [2.75, 3.05) is 11.9 Å². The van der Waals surface area contributed by atoms with Crippen molar-refractivity contribution in [3.63, 3.8) is 0 Å². The Kier molecular flexibility index (Phi) is 6.49. The lowest BCUT2D eigenvalue weighted by Crippen LogP contribution is -2.30. The summed E-state index contributed by atoms with van der Waals surface area (Å²) in [6.45, 7) is 5.63. The number of rotatable bonds is 7. The highest BCUT2D eigenvalue weighted by Gasteiger charge is 2.27. The van der Waals surface area contributed by atoms with Crippen molar-refractivity contribution < 1.29 is 19.1 Å². The van der Waals surface area contributed by atoms with Gasteiger partial charge in [0, 0.05) is 15.3 Å². The van der Waals surface area contributed by atoms with Crippen LogP contribution in [0.5, 0.6) is 5.75 Å². The second kappa shape index (κ2) is 9.03. The summed E-state index contributed by atoms with van der Waals surface area (Å²) in [5.74, 6) is -0.159. The number of thiophene rings is 2. The normalized spacial score (nSPS) is 11.7. The fourth-order valence-electron chi connectivity index (χ4n) is 2.72. The van der Waals surface area contributed by atoms with Crippen molar-refractivity contribution in [3.8, 4) is 16.2 Å². The molecule has 0 spiro atoms. The molecule has 7 heteroatoms. The molecule has 0 fully saturated rings. The maximum Gasteiger partial charge on any atom is 0.341 e. The molecule has 5 nitrogen and oxygen atoms in total. The van der Waals surface area contributed by atoms with Gasteiger partial charge in [-0.05, 0) is 44.4 Å². The first-order valence-electron chi connectivity index (χ1n) is 8.88. The number of aryl methyl sites for hydroxylation is 1. The molecule has 1 atom stereocenters. The molecule has 0 bridgehead atoms. The molecule has 0 aliphatic heterocycles. The van der Waals surface area contributed by atoms with E-state index in [2.05, 4.69) is 5.32 Å². The van der Waals surface area contributed by atoms with Gasteiger partial charge in [0.05, 0.1) is 6.61 Å². The topological polar surface area (TPSA) is 64.6 Å². The molecule has 0 radical (unpaired) electrons. The van der Waals surface area contributed by atoms with Gasteiger partial charge in [0.25, 0.3) is 5.91 Å². The van der Waals surface area contributed by atoms with E-state index in [1.54, 1.807) is 37.3 Å². The Hall–Kier alpha value is -2.64. The van der Waals surface area contributed by atoms with Crippen LogP contribution < -0.4 is 10.1 Å². The predicted molar refractivity (Wildman–Crippen MR) is 113 cm³/mol. The number of carbonyl (C=O) groups excluding carboxylic acids is 2. The smallest absolute Gasteiger partial charge is 0.341 e. The summed E-state index contributed by atoms with van der Waals surface area (Å²) < 4.78 is 10.9. The van der Waals surface area contributed by atoms with Gasteiger partial charge in [-0.3, -0.25) is 4.79 Å². The molecule has 2 heterocycles. The summed E-state index contributed by atoms with van der Waals surface area (Å²) >= 11 is 2.91. The Balaban J connectivity index is 1.87. The number of anilines is 1. The van der Waals surface area contributed by atoms with E-state index in [0.29, 0.717) is 16.3 Å². The van der Waals surface area contributed by atoms with E-state index in [1.165, 1.54) is 11.3 Å². The van der Waals surface area contributed by atoms with Crippen LogP contribution in [-0.2, 0) is 9.53 Å². The van der Waals surface area contributed by atoms with Gasteiger partial charge in [0.15, 0.2) is 6.10 Å². The largest absolute Gasteiger partial charge is 0.481 e. The third kappa shape index (κ3) is 4.43. The van der Waals surface area contributed by atoms with Crippen molar-refractivity contribution in [3.05, 3.63) is 58.3 Å². The van der Waals surface area contributed by atoms with Crippen LogP contribution in [0.1, 0.15) is 29.1 Å². The summed E-state index contributed by atoms with van der Waals surface area (Å²) in [5.41, 5.74) is 1.21. The first-order chi connectivity index (χ1) is 13.5. The molecule has 3 rings (SSSR count). The quantitative estimate of drug-likeness (QED) is 0.527. The zero-order valence-electron chi connectivity index (χ0n) is 15.9. The number of para-hydroxylation sites is 1. The molecule has 146 valence electrons. The van der Waals surface area contributed by atoms with Gasteiger partial charge in [-0.25, -0.2) is 4.79 Å². The van der Waals surface area contributed by atoms with Crippen LogP contribution in [0.3, 0.4) is 0 Å². The Morgan fingerprint density at radius 1 is 1.14 bits per heavy atom. The lowest BCUT2D eigenvalue weighted by Gasteiger charge is -2.15. The van der Waals surface area contributed by atoms with Crippen LogP contribution in [0.25, 0.3) is 10.4 Å². The van der Waals surface area contributed by atoms with Gasteiger partial charge in [-0.2, -0.15) is 0 Å². The summed E-state index contributed by atoms with van der Waals surface area (Å²) in [5, 5.41) is 5.28. The SMILES string of the molecule is CCOC(=O)c1c(NC(=O)[C@H](C)Oc2ccccc2)sc(C)c1-c1cccs1. The molecule has 0 aliphatic rings. The van der Waals surface area contributed by atoms with E-state index < -0.39 is 12.1 Å². The first-order valence-corrected chi connectivity index (χ1v) is 10.6. The van der Waals surface area contributed by atoms with Gasteiger partial charge in [-0.1, -0.05) is 24.3 Å². The summed E-state index contributed by atoms with van der Waals surface area (Å²) in [7, 11) is 0. The number of amides is 1. The second-order valence-corrected chi connectivity index (χ2v) is 8.17. The fourth-order valence-corrected chi connectivity index (χ4v) is 4.68. The molecular weight excluding hydrogens is 394 g/mol. The molecule has 1 aromatic carbocycles. The Morgan fingerprint density at radius 2 is 1.89 bits per heavy atom. The minimum absolute atomic E-state index is 0.262. The van der Waals surface area contributed by atoms with Gasteiger partial charge in [0.2, 0.25) is 0 Å². The average Bonchev–Trinajstić information content (AvgIpc) is 3.30. The van der Waals surface area contributed by atoms with E-state index in [9.17, 15) is 9.59 Å². The van der Waals surface area contributed by atoms with Crippen molar-refractivity contribution >= 4 is 39.6 Å². The standard InChI is InChI=1S/C21H21NO4S2/c1-4-25-21(24)18-17(16-11-8-12-27-16)14(3)28-20(18)22-19(23)13(2)26-15-9-6-5-7-10-15/h5-13H,4H2,1-3H3,(H,22,23)/t13-/m0/s1. The van der Waals surface area contributed by atoms with Crippen LogP contribution in [0, 0.1) is 6.92 Å². The van der Waals surface area contributed by atoms with E-state index in [-0.39, 0.29) is 12.5 Å². The maximum atomic E-state index is 12.7. The number of nitrogens with one attached hydrogen (secondary N) is 1. The minimum atomic E-state index is -0.718. The number of ether oxygens (including phenoxy) is 2. The zero-order valence-corrected chi connectivity index (χ0v) is 17.5. The number of hydrogen-bond donors (Lipinski definition) is 1. The van der Waals surface area contributed by atoms with Crippen LogP contribution in [0.2, 0.25) is 0 Å². The van der Waals surface area contributed by atoms with Gasteiger partial charge >= 0.3 is 5.97 Å². The first kappa shape index (κ1) is 20.1. The molecule has 0 saturated heterocycles. The highest BCUT2D eigenvalue weighted by molar-refractivity contribution is 7.18. The Morgan fingerprint density at radius 3 is 2.54 bits per heavy atom. The number of esters is 1. The molecule has 28 heavy (non-hydrogen) atoms. The number of hydrogen-bond acceptors (Lipinski definition) is 6. The van der Waals surface area contributed by atoms with Crippen LogP contribution in [0.4, 0.5) is 5.00 Å². The molecule has 2 aromatic heterocycles. The van der Waals surface area contributed by atoms with Crippen molar-refractivity contribution in [1.82, 2.24) is 0 Å². The van der Waals surface area contributed by atoms with Crippen LogP contribution >= 0.6 is 22.7 Å². The third-order valence-electron chi connectivity index (χ3n) is 3.99. The van der Waals surface area contributed by atoms with Crippen LogP contribution in [-0.4, -0.2) is 24.6 Å². The molecule has 0 unspecified atom stereocenters. The zero-order chi connectivity index (χ0) is 20.1. The third-order valence-corrected chi connectivity index (χ3v) is 5.90. The Labute approximate surface area is 171 Å². The van der Waals surface area contributed by atoms with Gasteiger partial charge in [-0.15, -0.1) is 22.7 Å². The van der Waals surface area contributed by atoms with Crippen molar-refractivity contribution in [2.45, 2.75) is 26.9 Å². The predicted octanol–water partition coefficient (Wildman–Crippen LogP) is 5.37. The molecule has 1 N–H and O–H groups in total. The lowest BCUT2D eigenvalue weighted by molar-refractivity contribution is -0.122. The van der Waals surface area contributed by atoms with Gasteiger partial charge in [0.1, 0.15) is 16.3 Å². The summed E-state index contributed by atoms with van der Waals surface area (Å²) in [6, 6.07) is 13.0. The highest BCUT2D eigenvalue weighted by Crippen LogP contribution is 2.42. The summed E-state index contributed by atoms with van der Waals surface area (Å²) in [6.07, 6.45) is -0.718. The van der Waals surface area contributed by atoms with E-state index in [0.717, 1.165) is 15.3 Å². The lowest BCUT2D eigenvalue weighted by atomic mass is 10.1. The van der Waals surface area contributed by atoms with Crippen molar-refractivity contribution in [2.24, 2.45) is 0 Å². The fraction of sp³-hybridized carbons (Fsp3) is 0.238. The van der Waals surface area contributed by atoms with E-state index in [1.807, 2.05) is 42.6 Å². The highest BCUT2D eigenvalue weighted by atomic mass is 32.1. The molecular formula is C21H21NO4S2. The second-order valence-electron chi connectivity index (χ2n) is 6.00. The van der Waals surface area contributed by atoms with Crippen molar-refractivity contribution in [1.29, 1.82) is 0 Å². The average molecular weight is 416 g/mol. The molecule has 3 aromatic rings. The molecule has 0 saturated carbocycles. The summed E-state index contributed by atoms with van der Waals surface area (Å²) in [4.78, 5) is 27.2. The molecule has 0 aliphatic carbocycles. The Bertz CT molecular complexity index is 948. The van der Waals surface area contributed by atoms with E-state index >= 15 is 0 Å². The molecule has 1 amide bonds. The van der Waals surface area contributed by atoms with E-state index in [4.69, 9.17) is 9.47 Å². The number of carbonyl (C=O) groups is 2. The monoisotopic (exact) mass is 415 g/mol. The minimum Gasteiger partial charge on any atom is -0.481 e. The van der Waals surface area contributed by atoms with Gasteiger partial charge < -0.3 is 14.8 Å².